The van der Waals surface area contributed by atoms with Crippen LogP contribution in [0.5, 0.6) is 0 Å². The van der Waals surface area contributed by atoms with Crippen LogP contribution in [0.1, 0.15) is 50.4 Å². The second-order valence-corrected chi connectivity index (χ2v) is 10.0. The second kappa shape index (κ2) is 9.21. The molecule has 1 aliphatic carbocycles. The van der Waals surface area contributed by atoms with Crippen molar-refractivity contribution in [2.24, 2.45) is 11.8 Å². The first kappa shape index (κ1) is 23.3. The smallest absolute Gasteiger partial charge is 0.341 e. The Morgan fingerprint density at radius 1 is 1.24 bits per heavy atom. The predicted molar refractivity (Wildman–Crippen MR) is 106 cm³/mol. The number of hydrogen-bond acceptors (Lipinski definition) is 5. The van der Waals surface area contributed by atoms with Gasteiger partial charge < -0.3 is 10.1 Å². The molecule has 1 aromatic rings. The van der Waals surface area contributed by atoms with Crippen LogP contribution in [0.2, 0.25) is 0 Å². The highest BCUT2D eigenvalue weighted by Gasteiger charge is 2.31. The number of sulfonamides is 1. The first-order valence-electron chi connectivity index (χ1n) is 9.68. The van der Waals surface area contributed by atoms with Crippen LogP contribution >= 0.6 is 0 Å². The third kappa shape index (κ3) is 5.33. The molecule has 7 nitrogen and oxygen atoms in total. The van der Waals surface area contributed by atoms with Gasteiger partial charge in [-0.3, -0.25) is 4.79 Å². The molecule has 162 valence electrons. The molecule has 0 heterocycles. The number of carbonyl (C=O) groups is 2. The maximum absolute atomic E-state index is 14.1. The van der Waals surface area contributed by atoms with E-state index in [9.17, 15) is 22.4 Å². The summed E-state index contributed by atoms with van der Waals surface area (Å²) in [6, 6.07) is 2.88. The molecule has 2 rings (SSSR count). The minimum atomic E-state index is -3.85. The minimum absolute atomic E-state index is 0.00213. The molecule has 1 saturated carbocycles. The second-order valence-electron chi connectivity index (χ2n) is 7.86. The van der Waals surface area contributed by atoms with Gasteiger partial charge in [0.2, 0.25) is 10.0 Å². The fraction of sp³-hybridized carbons (Fsp3) is 0.600. The van der Waals surface area contributed by atoms with E-state index in [0.717, 1.165) is 41.8 Å². The number of amides is 1. The van der Waals surface area contributed by atoms with Gasteiger partial charge in [-0.2, -0.15) is 0 Å². The van der Waals surface area contributed by atoms with E-state index in [1.165, 1.54) is 21.0 Å². The number of carbonyl (C=O) groups excluding carboxylic acids is 2. The number of nitrogens with zero attached hydrogens (tertiary/aromatic N) is 1. The molecule has 0 bridgehead atoms. The number of esters is 1. The molecule has 0 unspecified atom stereocenters. The van der Waals surface area contributed by atoms with Crippen LogP contribution in [0.4, 0.5) is 4.39 Å². The highest BCUT2D eigenvalue weighted by Crippen LogP contribution is 2.29. The van der Waals surface area contributed by atoms with Gasteiger partial charge in [0.1, 0.15) is 5.82 Å². The molecule has 0 radical (unpaired) electrons. The molecule has 1 amide bonds. The van der Waals surface area contributed by atoms with Crippen LogP contribution in [0.25, 0.3) is 0 Å². The molecule has 1 N–H and O–H groups in total. The van der Waals surface area contributed by atoms with E-state index in [-0.39, 0.29) is 10.9 Å². The third-order valence-corrected chi connectivity index (χ3v) is 7.43. The highest BCUT2D eigenvalue weighted by molar-refractivity contribution is 7.89. The molecular formula is C20H29FN2O5S. The van der Waals surface area contributed by atoms with Crippen LogP contribution in [0.3, 0.4) is 0 Å². The lowest BCUT2D eigenvalue weighted by Gasteiger charge is -2.35. The Morgan fingerprint density at radius 3 is 2.52 bits per heavy atom. The topological polar surface area (TPSA) is 92.8 Å². The van der Waals surface area contributed by atoms with Gasteiger partial charge in [-0.05, 0) is 43.4 Å². The van der Waals surface area contributed by atoms with E-state index < -0.39 is 39.4 Å². The molecular weight excluding hydrogens is 399 g/mol. The average Bonchev–Trinajstić information content (AvgIpc) is 2.65. The lowest BCUT2D eigenvalue weighted by molar-refractivity contribution is -0.130. The van der Waals surface area contributed by atoms with Gasteiger partial charge in [0.05, 0.1) is 10.5 Å². The molecule has 4 atom stereocenters. The highest BCUT2D eigenvalue weighted by atomic mass is 32.2. The summed E-state index contributed by atoms with van der Waals surface area (Å²) in [5.74, 6) is -1.67. The average molecular weight is 429 g/mol. The van der Waals surface area contributed by atoms with Gasteiger partial charge in [0.25, 0.3) is 5.91 Å². The lowest BCUT2D eigenvalue weighted by Crippen LogP contribution is -2.47. The Morgan fingerprint density at radius 2 is 1.90 bits per heavy atom. The van der Waals surface area contributed by atoms with E-state index in [0.29, 0.717) is 11.8 Å². The maximum Gasteiger partial charge on any atom is 0.341 e. The Bertz CT molecular complexity index is 872. The fourth-order valence-corrected chi connectivity index (χ4v) is 4.32. The van der Waals surface area contributed by atoms with E-state index in [1.807, 2.05) is 0 Å². The number of nitrogens with one attached hydrogen (secondary N) is 1. The lowest BCUT2D eigenvalue weighted by atomic mass is 9.78. The summed E-state index contributed by atoms with van der Waals surface area (Å²) in [5, 5.41) is 2.91. The summed E-state index contributed by atoms with van der Waals surface area (Å²) < 4.78 is 44.6. The monoisotopic (exact) mass is 428 g/mol. The van der Waals surface area contributed by atoms with Gasteiger partial charge in [0, 0.05) is 20.1 Å². The van der Waals surface area contributed by atoms with Crippen molar-refractivity contribution in [2.45, 2.75) is 57.1 Å². The summed E-state index contributed by atoms with van der Waals surface area (Å²) in [6.45, 7) is 5.63. The zero-order valence-electron chi connectivity index (χ0n) is 17.4. The third-order valence-electron chi connectivity index (χ3n) is 5.62. The van der Waals surface area contributed by atoms with Crippen molar-refractivity contribution in [3.63, 3.8) is 0 Å². The number of ether oxygens (including phenoxy) is 1. The Kier molecular flexibility index (Phi) is 7.40. The van der Waals surface area contributed by atoms with Crippen LogP contribution in [-0.2, 0) is 19.6 Å². The zero-order valence-corrected chi connectivity index (χ0v) is 18.3. The van der Waals surface area contributed by atoms with E-state index in [2.05, 4.69) is 19.2 Å². The molecule has 9 heteroatoms. The maximum atomic E-state index is 14.1. The standard InChI is InChI=1S/C20H29FN2O5S/c1-12-7-6-8-18(13(12)2)22-19(24)14(3)28-20(25)16-11-15(9-10-17(16)21)29(26,27)23(4)5/h9-14,18H,6-8H2,1-5H3,(H,22,24)/t12-,13+,14+,18-/m0/s1. The zero-order chi connectivity index (χ0) is 21.9. The van der Waals surface area contributed by atoms with Crippen molar-refractivity contribution < 1.29 is 27.1 Å². The summed E-state index contributed by atoms with van der Waals surface area (Å²) in [6.07, 6.45) is 1.85. The molecule has 29 heavy (non-hydrogen) atoms. The summed E-state index contributed by atoms with van der Waals surface area (Å²) in [7, 11) is -1.19. The minimum Gasteiger partial charge on any atom is -0.449 e. The number of halogens is 1. The quantitative estimate of drug-likeness (QED) is 0.703. The van der Waals surface area contributed by atoms with Crippen LogP contribution in [0, 0.1) is 17.7 Å². The number of hydrogen-bond donors (Lipinski definition) is 1. The molecule has 1 aliphatic rings. The fourth-order valence-electron chi connectivity index (χ4n) is 3.40. The summed E-state index contributed by atoms with van der Waals surface area (Å²) in [4.78, 5) is 24.6. The Hall–Kier alpha value is -2.00. The summed E-state index contributed by atoms with van der Waals surface area (Å²) >= 11 is 0. The Balaban J connectivity index is 2.10. The van der Waals surface area contributed by atoms with Crippen LogP contribution < -0.4 is 5.32 Å². The van der Waals surface area contributed by atoms with Gasteiger partial charge in [0.15, 0.2) is 6.10 Å². The van der Waals surface area contributed by atoms with Crippen molar-refractivity contribution in [2.75, 3.05) is 14.1 Å². The summed E-state index contributed by atoms with van der Waals surface area (Å²) in [5.41, 5.74) is -0.535. The van der Waals surface area contributed by atoms with Crippen molar-refractivity contribution in [3.8, 4) is 0 Å². The van der Waals surface area contributed by atoms with E-state index in [1.54, 1.807) is 0 Å². The van der Waals surface area contributed by atoms with Crippen LogP contribution in [-0.4, -0.2) is 50.8 Å². The first-order chi connectivity index (χ1) is 13.4. The van der Waals surface area contributed by atoms with Crippen molar-refractivity contribution in [1.29, 1.82) is 0 Å². The SMILES string of the molecule is C[C@H]1[C@@H](NC(=O)[C@@H](C)OC(=O)c2cc(S(=O)(=O)N(C)C)ccc2F)CCC[C@@H]1C. The van der Waals surface area contributed by atoms with Gasteiger partial charge in [-0.1, -0.05) is 26.7 Å². The normalized spacial score (nSPS) is 23.5. The largest absolute Gasteiger partial charge is 0.449 e. The van der Waals surface area contributed by atoms with Crippen molar-refractivity contribution in [3.05, 3.63) is 29.6 Å². The van der Waals surface area contributed by atoms with Crippen molar-refractivity contribution in [1.82, 2.24) is 9.62 Å². The molecule has 0 aromatic heterocycles. The van der Waals surface area contributed by atoms with E-state index >= 15 is 0 Å². The molecule has 1 aromatic carbocycles. The van der Waals surface area contributed by atoms with Gasteiger partial charge >= 0.3 is 5.97 Å². The van der Waals surface area contributed by atoms with Gasteiger partial charge in [-0.25, -0.2) is 21.9 Å². The molecule has 0 aliphatic heterocycles. The molecule has 0 saturated heterocycles. The first-order valence-corrected chi connectivity index (χ1v) is 11.1. The molecule has 1 fully saturated rings. The number of rotatable bonds is 6. The van der Waals surface area contributed by atoms with Crippen LogP contribution in [0.15, 0.2) is 23.1 Å². The van der Waals surface area contributed by atoms with Crippen molar-refractivity contribution >= 4 is 21.9 Å². The Labute approximate surface area is 171 Å². The molecule has 0 spiro atoms. The van der Waals surface area contributed by atoms with Gasteiger partial charge in [-0.15, -0.1) is 0 Å². The number of benzene rings is 1. The van der Waals surface area contributed by atoms with E-state index in [4.69, 9.17) is 4.74 Å². The predicted octanol–water partition coefficient (Wildman–Crippen LogP) is 2.56.